The van der Waals surface area contributed by atoms with E-state index in [-0.39, 0.29) is 12.2 Å². The third-order valence-electron chi connectivity index (χ3n) is 2.60. The van der Waals surface area contributed by atoms with Gasteiger partial charge < -0.3 is 15.4 Å². The number of carbonyl (C=O) groups is 1. The maximum Gasteiger partial charge on any atom is 0.407 e. The smallest absolute Gasteiger partial charge is 0.407 e. The highest BCUT2D eigenvalue weighted by atomic mass is 32.2. The molecule has 5 heteroatoms. The fraction of sp³-hybridized carbons (Fsp3) is 0.889. The molecule has 1 unspecified atom stereocenters. The molecule has 2 fully saturated rings. The van der Waals surface area contributed by atoms with E-state index >= 15 is 0 Å². The van der Waals surface area contributed by atoms with Crippen LogP contribution in [0.2, 0.25) is 0 Å². The van der Waals surface area contributed by atoms with Gasteiger partial charge in [0, 0.05) is 12.6 Å². The Morgan fingerprint density at radius 1 is 1.50 bits per heavy atom. The van der Waals surface area contributed by atoms with Crippen molar-refractivity contribution in [2.24, 2.45) is 0 Å². The summed E-state index contributed by atoms with van der Waals surface area (Å²) >= 11 is 2.02. The summed E-state index contributed by atoms with van der Waals surface area (Å²) in [7, 11) is 0. The normalized spacial score (nSPS) is 28.6. The van der Waals surface area contributed by atoms with E-state index in [9.17, 15) is 4.79 Å². The zero-order chi connectivity index (χ0) is 9.80. The Morgan fingerprint density at radius 3 is 2.93 bits per heavy atom. The van der Waals surface area contributed by atoms with Crippen molar-refractivity contribution in [3.63, 3.8) is 0 Å². The molecule has 0 aromatic carbocycles. The van der Waals surface area contributed by atoms with Crippen LogP contribution in [0, 0.1) is 0 Å². The van der Waals surface area contributed by atoms with E-state index in [1.807, 2.05) is 11.8 Å². The van der Waals surface area contributed by atoms with E-state index in [0.717, 1.165) is 6.54 Å². The first kappa shape index (κ1) is 10.1. The molecular formula is C9H16N2O2S. The molecule has 2 saturated heterocycles. The Hall–Kier alpha value is -0.420. The fourth-order valence-corrected chi connectivity index (χ4v) is 2.85. The minimum Gasteiger partial charge on any atom is -0.443 e. The van der Waals surface area contributed by atoms with Gasteiger partial charge in [0.1, 0.15) is 6.10 Å². The SMILES string of the molecule is O=C1NCC(CNC2CCSCC2)O1. The molecule has 2 aliphatic heterocycles. The highest BCUT2D eigenvalue weighted by Gasteiger charge is 2.23. The monoisotopic (exact) mass is 216 g/mol. The van der Waals surface area contributed by atoms with Crippen LogP contribution in [0.5, 0.6) is 0 Å². The Balaban J connectivity index is 1.63. The summed E-state index contributed by atoms with van der Waals surface area (Å²) in [5.74, 6) is 2.50. The minimum absolute atomic E-state index is 0.0251. The van der Waals surface area contributed by atoms with Crippen LogP contribution in [0.4, 0.5) is 4.79 Å². The van der Waals surface area contributed by atoms with Crippen molar-refractivity contribution in [1.29, 1.82) is 0 Å². The van der Waals surface area contributed by atoms with Gasteiger partial charge in [-0.15, -0.1) is 0 Å². The Labute approximate surface area is 88.1 Å². The third kappa shape index (κ3) is 2.78. The van der Waals surface area contributed by atoms with Crippen LogP contribution < -0.4 is 10.6 Å². The topological polar surface area (TPSA) is 50.4 Å². The molecule has 2 aliphatic rings. The molecule has 0 aromatic rings. The van der Waals surface area contributed by atoms with Gasteiger partial charge in [0.2, 0.25) is 0 Å². The zero-order valence-electron chi connectivity index (χ0n) is 8.12. The number of ether oxygens (including phenoxy) is 1. The molecule has 0 spiro atoms. The highest BCUT2D eigenvalue weighted by molar-refractivity contribution is 7.99. The van der Waals surface area contributed by atoms with Crippen molar-refractivity contribution in [3.8, 4) is 0 Å². The number of alkyl carbamates (subject to hydrolysis) is 1. The van der Waals surface area contributed by atoms with Crippen LogP contribution in [0.3, 0.4) is 0 Å². The fourth-order valence-electron chi connectivity index (χ4n) is 1.75. The van der Waals surface area contributed by atoms with E-state index in [4.69, 9.17) is 4.74 Å². The molecule has 14 heavy (non-hydrogen) atoms. The van der Waals surface area contributed by atoms with Crippen molar-refractivity contribution in [3.05, 3.63) is 0 Å². The summed E-state index contributed by atoms with van der Waals surface area (Å²) in [6, 6.07) is 0.621. The number of hydrogen-bond donors (Lipinski definition) is 2. The third-order valence-corrected chi connectivity index (χ3v) is 3.65. The molecule has 0 aromatic heterocycles. The second kappa shape index (κ2) is 4.89. The average molecular weight is 216 g/mol. The van der Waals surface area contributed by atoms with Crippen LogP contribution in [-0.4, -0.2) is 42.8 Å². The van der Waals surface area contributed by atoms with Crippen molar-refractivity contribution < 1.29 is 9.53 Å². The number of thioether (sulfide) groups is 1. The predicted molar refractivity (Wildman–Crippen MR) is 56.6 cm³/mol. The molecule has 1 atom stereocenters. The molecule has 1 amide bonds. The Kier molecular flexibility index (Phi) is 3.53. The maximum atomic E-state index is 10.7. The minimum atomic E-state index is -0.281. The lowest BCUT2D eigenvalue weighted by Gasteiger charge is -2.23. The largest absolute Gasteiger partial charge is 0.443 e. The summed E-state index contributed by atoms with van der Waals surface area (Å²) in [5.41, 5.74) is 0. The van der Waals surface area contributed by atoms with Gasteiger partial charge in [0.05, 0.1) is 6.54 Å². The molecule has 2 heterocycles. The van der Waals surface area contributed by atoms with Crippen molar-refractivity contribution in [2.45, 2.75) is 25.0 Å². The summed E-state index contributed by atoms with van der Waals surface area (Å²) < 4.78 is 5.03. The number of hydrogen-bond acceptors (Lipinski definition) is 4. The van der Waals surface area contributed by atoms with Gasteiger partial charge in [-0.3, -0.25) is 0 Å². The summed E-state index contributed by atoms with van der Waals surface area (Å²) in [6.07, 6.45) is 2.21. The average Bonchev–Trinajstić information content (AvgIpc) is 2.63. The molecule has 80 valence electrons. The van der Waals surface area contributed by atoms with Crippen LogP contribution >= 0.6 is 11.8 Å². The second-order valence-electron chi connectivity index (χ2n) is 3.70. The van der Waals surface area contributed by atoms with Crippen LogP contribution in [0.25, 0.3) is 0 Å². The lowest BCUT2D eigenvalue weighted by Crippen LogP contribution is -2.38. The number of carbonyl (C=O) groups excluding carboxylic acids is 1. The van der Waals surface area contributed by atoms with Gasteiger partial charge in [-0.2, -0.15) is 11.8 Å². The van der Waals surface area contributed by atoms with Gasteiger partial charge in [-0.05, 0) is 24.3 Å². The summed E-state index contributed by atoms with van der Waals surface area (Å²) in [6.45, 7) is 1.43. The second-order valence-corrected chi connectivity index (χ2v) is 4.93. The van der Waals surface area contributed by atoms with Gasteiger partial charge >= 0.3 is 6.09 Å². The van der Waals surface area contributed by atoms with Crippen LogP contribution in [0.15, 0.2) is 0 Å². The molecule has 2 N–H and O–H groups in total. The lowest BCUT2D eigenvalue weighted by molar-refractivity contribution is 0.137. The van der Waals surface area contributed by atoms with Gasteiger partial charge in [-0.1, -0.05) is 0 Å². The molecule has 0 saturated carbocycles. The Morgan fingerprint density at radius 2 is 2.29 bits per heavy atom. The summed E-state index contributed by atoms with van der Waals surface area (Å²) in [5, 5.41) is 6.11. The van der Waals surface area contributed by atoms with Crippen molar-refractivity contribution in [2.75, 3.05) is 24.6 Å². The van der Waals surface area contributed by atoms with Crippen LogP contribution in [-0.2, 0) is 4.74 Å². The van der Waals surface area contributed by atoms with Gasteiger partial charge in [0.15, 0.2) is 0 Å². The number of nitrogens with one attached hydrogen (secondary N) is 2. The molecule has 2 rings (SSSR count). The summed E-state index contributed by atoms with van der Waals surface area (Å²) in [4.78, 5) is 10.7. The number of amides is 1. The molecule has 0 bridgehead atoms. The van der Waals surface area contributed by atoms with E-state index < -0.39 is 0 Å². The zero-order valence-corrected chi connectivity index (χ0v) is 8.94. The number of cyclic esters (lactones) is 1. The van der Waals surface area contributed by atoms with E-state index in [2.05, 4.69) is 10.6 Å². The maximum absolute atomic E-state index is 10.7. The molecule has 4 nitrogen and oxygen atoms in total. The standard InChI is InChI=1S/C9H16N2O2S/c12-9-11-6-8(13-9)5-10-7-1-3-14-4-2-7/h7-8,10H,1-6H2,(H,11,12). The predicted octanol–water partition coefficient (Wildman–Crippen LogP) is 0.580. The van der Waals surface area contributed by atoms with Gasteiger partial charge in [-0.25, -0.2) is 4.79 Å². The first-order valence-corrected chi connectivity index (χ1v) is 6.25. The van der Waals surface area contributed by atoms with E-state index in [0.29, 0.717) is 12.6 Å². The van der Waals surface area contributed by atoms with E-state index in [1.54, 1.807) is 0 Å². The highest BCUT2D eigenvalue weighted by Crippen LogP contribution is 2.16. The van der Waals surface area contributed by atoms with Crippen molar-refractivity contribution >= 4 is 17.9 Å². The molecule has 0 aliphatic carbocycles. The molecular weight excluding hydrogens is 200 g/mol. The molecule has 0 radical (unpaired) electrons. The lowest BCUT2D eigenvalue weighted by atomic mass is 10.1. The quantitative estimate of drug-likeness (QED) is 0.724. The van der Waals surface area contributed by atoms with Crippen molar-refractivity contribution in [1.82, 2.24) is 10.6 Å². The van der Waals surface area contributed by atoms with E-state index in [1.165, 1.54) is 24.3 Å². The Bertz CT molecular complexity index is 207. The first-order valence-electron chi connectivity index (χ1n) is 5.10. The first-order chi connectivity index (χ1) is 6.84. The van der Waals surface area contributed by atoms with Gasteiger partial charge in [0.25, 0.3) is 0 Å². The van der Waals surface area contributed by atoms with Crippen LogP contribution in [0.1, 0.15) is 12.8 Å². The number of rotatable bonds is 3.